The minimum Gasteiger partial charge on any atom is -0.345 e. The van der Waals surface area contributed by atoms with Crippen LogP contribution in [0.3, 0.4) is 0 Å². The Morgan fingerprint density at radius 3 is 2.97 bits per heavy atom. The van der Waals surface area contributed by atoms with Gasteiger partial charge in [-0.05, 0) is 55.6 Å². The van der Waals surface area contributed by atoms with Crippen LogP contribution in [-0.4, -0.2) is 32.6 Å². The predicted molar refractivity (Wildman–Crippen MR) is 119 cm³/mol. The Morgan fingerprint density at radius 1 is 1.42 bits per heavy atom. The Bertz CT molecular complexity index is 1030. The predicted octanol–water partition coefficient (Wildman–Crippen LogP) is 4.92. The van der Waals surface area contributed by atoms with E-state index in [1.54, 1.807) is 6.20 Å². The number of Topliss-reactive ketones (excluding diaryl/α,β-unsaturated/α-hetero) is 1. The molecule has 0 saturated heterocycles. The Hall–Kier alpha value is -2.68. The highest BCUT2D eigenvalue weighted by Crippen LogP contribution is 2.36. The molecule has 3 heterocycles. The molecule has 2 aromatic heterocycles. The van der Waals surface area contributed by atoms with Gasteiger partial charge >= 0.3 is 0 Å². The van der Waals surface area contributed by atoms with Crippen molar-refractivity contribution in [3.05, 3.63) is 29.1 Å². The molecule has 4 rings (SSSR count). The van der Waals surface area contributed by atoms with Gasteiger partial charge in [0.15, 0.2) is 5.78 Å². The number of nitrogens with zero attached hydrogens (tertiary/aromatic N) is 3. The molecule has 164 valence electrons. The fourth-order valence-corrected chi connectivity index (χ4v) is 5.66. The largest absolute Gasteiger partial charge is 0.345 e. The van der Waals surface area contributed by atoms with Crippen molar-refractivity contribution < 1.29 is 9.59 Å². The summed E-state index contributed by atoms with van der Waals surface area (Å²) in [5.41, 5.74) is 3.49. The molecule has 0 radical (unpaired) electrons. The van der Waals surface area contributed by atoms with Crippen LogP contribution in [0.5, 0.6) is 0 Å². The van der Waals surface area contributed by atoms with Crippen molar-refractivity contribution in [3.8, 4) is 6.07 Å². The number of carbonyl (C=O) groups excluding carboxylic acids is 2. The van der Waals surface area contributed by atoms with E-state index in [-0.39, 0.29) is 29.4 Å². The van der Waals surface area contributed by atoms with Crippen molar-refractivity contribution in [2.75, 3.05) is 0 Å². The number of nitriles is 1. The molecule has 1 aliphatic heterocycles. The second kappa shape index (κ2) is 8.82. The molecular formula is C25H32N4O2. The van der Waals surface area contributed by atoms with Crippen LogP contribution in [0.15, 0.2) is 12.4 Å². The summed E-state index contributed by atoms with van der Waals surface area (Å²) in [6, 6.07) is 1.96. The third-order valence-corrected chi connectivity index (χ3v) is 7.25. The first-order chi connectivity index (χ1) is 14.9. The van der Waals surface area contributed by atoms with Gasteiger partial charge in [0.05, 0.1) is 17.7 Å². The summed E-state index contributed by atoms with van der Waals surface area (Å²) in [6.07, 6.45) is 9.66. The molecule has 6 heteroatoms. The minimum atomic E-state index is -0.430. The highest BCUT2D eigenvalue weighted by atomic mass is 16.2. The van der Waals surface area contributed by atoms with Gasteiger partial charge in [-0.2, -0.15) is 5.26 Å². The lowest BCUT2D eigenvalue weighted by atomic mass is 9.77. The number of aromatic amines is 1. The van der Waals surface area contributed by atoms with Crippen LogP contribution >= 0.6 is 0 Å². The van der Waals surface area contributed by atoms with Crippen LogP contribution in [0.25, 0.3) is 11.0 Å². The Balaban J connectivity index is 1.63. The number of carbonyl (C=O) groups is 2. The van der Waals surface area contributed by atoms with Gasteiger partial charge in [-0.1, -0.05) is 26.7 Å². The zero-order chi connectivity index (χ0) is 22.1. The normalized spacial score (nSPS) is 22.9. The average Bonchev–Trinajstić information content (AvgIpc) is 3.19. The number of pyridine rings is 1. The smallest absolute Gasteiger partial charge is 0.257 e. The number of nitrogens with one attached hydrogen (secondary N) is 1. The van der Waals surface area contributed by atoms with E-state index in [1.807, 2.05) is 18.0 Å². The lowest BCUT2D eigenvalue weighted by Crippen LogP contribution is -2.50. The van der Waals surface area contributed by atoms with Crippen LogP contribution in [0.4, 0.5) is 0 Å². The van der Waals surface area contributed by atoms with E-state index in [0.29, 0.717) is 18.5 Å². The molecule has 1 amide bonds. The lowest BCUT2D eigenvalue weighted by molar-refractivity contribution is -0.126. The van der Waals surface area contributed by atoms with E-state index < -0.39 is 6.04 Å². The van der Waals surface area contributed by atoms with Gasteiger partial charge in [0, 0.05) is 36.7 Å². The number of H-pyrrole nitrogens is 1. The van der Waals surface area contributed by atoms with Crippen LogP contribution in [0.1, 0.15) is 80.3 Å². The summed E-state index contributed by atoms with van der Waals surface area (Å²) < 4.78 is 0. The van der Waals surface area contributed by atoms with Gasteiger partial charge in [0.25, 0.3) is 5.91 Å². The maximum absolute atomic E-state index is 13.6. The van der Waals surface area contributed by atoms with Crippen molar-refractivity contribution in [1.82, 2.24) is 14.9 Å². The maximum atomic E-state index is 13.6. The monoisotopic (exact) mass is 420 g/mol. The van der Waals surface area contributed by atoms with Gasteiger partial charge < -0.3 is 9.88 Å². The molecule has 0 aromatic carbocycles. The van der Waals surface area contributed by atoms with Crippen molar-refractivity contribution in [2.45, 2.75) is 78.3 Å². The molecule has 0 spiro atoms. The van der Waals surface area contributed by atoms with E-state index in [2.05, 4.69) is 29.9 Å². The van der Waals surface area contributed by atoms with Crippen molar-refractivity contribution in [1.29, 1.82) is 5.26 Å². The molecule has 31 heavy (non-hydrogen) atoms. The third kappa shape index (κ3) is 3.98. The highest BCUT2D eigenvalue weighted by molar-refractivity contribution is 6.10. The van der Waals surface area contributed by atoms with Gasteiger partial charge in [0.2, 0.25) is 0 Å². The number of aryl methyl sites for hydroxylation is 1. The number of ketones is 1. The molecular weight excluding hydrogens is 388 g/mol. The highest BCUT2D eigenvalue weighted by Gasteiger charge is 2.39. The molecule has 1 fully saturated rings. The second-order valence-electron chi connectivity index (χ2n) is 9.52. The van der Waals surface area contributed by atoms with Crippen molar-refractivity contribution in [3.63, 3.8) is 0 Å². The molecule has 1 saturated carbocycles. The summed E-state index contributed by atoms with van der Waals surface area (Å²) in [5.74, 6) is 0.477. The molecule has 2 aromatic rings. The Morgan fingerprint density at radius 2 is 2.23 bits per heavy atom. The van der Waals surface area contributed by atoms with Crippen LogP contribution in [0.2, 0.25) is 0 Å². The first kappa shape index (κ1) is 21.5. The summed E-state index contributed by atoms with van der Waals surface area (Å²) in [5, 5.41) is 10.2. The van der Waals surface area contributed by atoms with E-state index in [4.69, 9.17) is 0 Å². The van der Waals surface area contributed by atoms with E-state index in [0.717, 1.165) is 60.7 Å². The summed E-state index contributed by atoms with van der Waals surface area (Å²) in [4.78, 5) is 36.5. The maximum Gasteiger partial charge on any atom is 0.257 e. The average molecular weight is 421 g/mol. The Labute approximate surface area is 184 Å². The number of hydrogen-bond donors (Lipinski definition) is 1. The van der Waals surface area contributed by atoms with Crippen LogP contribution in [-0.2, 0) is 11.3 Å². The molecule has 3 unspecified atom stereocenters. The van der Waals surface area contributed by atoms with Gasteiger partial charge in [0.1, 0.15) is 5.65 Å². The number of hydrogen-bond acceptors (Lipinski definition) is 4. The zero-order valence-corrected chi connectivity index (χ0v) is 18.8. The van der Waals surface area contributed by atoms with Crippen LogP contribution < -0.4 is 0 Å². The van der Waals surface area contributed by atoms with Crippen molar-refractivity contribution >= 4 is 22.7 Å². The number of rotatable bonds is 7. The third-order valence-electron chi connectivity index (χ3n) is 7.25. The second-order valence-corrected chi connectivity index (χ2v) is 9.52. The Kier molecular flexibility index (Phi) is 6.13. The van der Waals surface area contributed by atoms with E-state index in [1.165, 1.54) is 0 Å². The lowest BCUT2D eigenvalue weighted by Gasteiger charge is -2.38. The fourth-order valence-electron chi connectivity index (χ4n) is 5.66. The standard InChI is InChI=1S/C25H32N4O2/c1-4-6-15(2)23(21(30)10-17-7-5-8-18(9-17)11-26)29-14-20-16(3)12-27-24-22(20)19(13-28-24)25(29)31/h12-13,15,17-18,23H,4-10,14H2,1-3H3,(H,27,28)/t15?,17?,18?,23-/m1/s1. The minimum absolute atomic E-state index is 0.0600. The molecule has 4 atom stereocenters. The van der Waals surface area contributed by atoms with Crippen molar-refractivity contribution in [2.24, 2.45) is 17.8 Å². The van der Waals surface area contributed by atoms with Gasteiger partial charge in [-0.3, -0.25) is 9.59 Å². The fraction of sp³-hybridized carbons (Fsp3) is 0.600. The number of aromatic nitrogens is 2. The zero-order valence-electron chi connectivity index (χ0n) is 18.8. The van der Waals surface area contributed by atoms with Gasteiger partial charge in [-0.15, -0.1) is 0 Å². The quantitative estimate of drug-likeness (QED) is 0.688. The van der Waals surface area contributed by atoms with E-state index >= 15 is 0 Å². The number of amides is 1. The molecule has 6 nitrogen and oxygen atoms in total. The molecule has 1 N–H and O–H groups in total. The topological polar surface area (TPSA) is 89.8 Å². The first-order valence-electron chi connectivity index (χ1n) is 11.6. The molecule has 1 aliphatic carbocycles. The first-order valence-corrected chi connectivity index (χ1v) is 11.6. The molecule has 0 bridgehead atoms. The summed E-state index contributed by atoms with van der Waals surface area (Å²) >= 11 is 0. The van der Waals surface area contributed by atoms with Crippen LogP contribution in [0, 0.1) is 36.0 Å². The van der Waals surface area contributed by atoms with E-state index in [9.17, 15) is 14.9 Å². The van der Waals surface area contributed by atoms with Gasteiger partial charge in [-0.25, -0.2) is 4.98 Å². The SMILES string of the molecule is CCCC(C)[C@H](C(=O)CC1CCCC(C#N)C1)N1Cc2c(C)cnc3[nH]cc(c23)C1=O. The summed E-state index contributed by atoms with van der Waals surface area (Å²) in [6.45, 7) is 6.68. The molecule has 2 aliphatic rings. The summed E-state index contributed by atoms with van der Waals surface area (Å²) in [7, 11) is 0.